The summed E-state index contributed by atoms with van der Waals surface area (Å²) in [6, 6.07) is 11.8. The van der Waals surface area contributed by atoms with Crippen molar-refractivity contribution in [2.24, 2.45) is 4.99 Å². The first-order valence-electron chi connectivity index (χ1n) is 8.92. The van der Waals surface area contributed by atoms with Gasteiger partial charge in [-0.3, -0.25) is 4.99 Å². The second-order valence-corrected chi connectivity index (χ2v) is 6.35. The minimum Gasteiger partial charge on any atom is -0.508 e. The number of guanidine groups is 1. The summed E-state index contributed by atoms with van der Waals surface area (Å²) < 4.78 is 18.3. The first-order valence-corrected chi connectivity index (χ1v) is 8.92. The van der Waals surface area contributed by atoms with Crippen LogP contribution in [0.1, 0.15) is 5.56 Å². The smallest absolute Gasteiger partial charge is 0.194 e. The molecule has 28 heavy (non-hydrogen) atoms. The van der Waals surface area contributed by atoms with Gasteiger partial charge >= 0.3 is 0 Å². The van der Waals surface area contributed by atoms with Crippen molar-refractivity contribution in [3.8, 4) is 11.5 Å². The minimum absolute atomic E-state index is 0. The van der Waals surface area contributed by atoms with Crippen molar-refractivity contribution in [2.45, 2.75) is 6.54 Å². The van der Waals surface area contributed by atoms with Crippen molar-refractivity contribution in [1.82, 2.24) is 10.2 Å². The Morgan fingerprint density at radius 3 is 2.43 bits per heavy atom. The van der Waals surface area contributed by atoms with E-state index in [0.29, 0.717) is 12.3 Å². The molecular weight excluding hydrogens is 474 g/mol. The zero-order valence-electron chi connectivity index (χ0n) is 16.1. The highest BCUT2D eigenvalue weighted by molar-refractivity contribution is 14.0. The maximum absolute atomic E-state index is 13.1. The highest BCUT2D eigenvalue weighted by Gasteiger charge is 2.20. The zero-order valence-corrected chi connectivity index (χ0v) is 18.4. The molecule has 0 amide bonds. The largest absolute Gasteiger partial charge is 0.508 e. The molecule has 0 unspecified atom stereocenters. The van der Waals surface area contributed by atoms with E-state index >= 15 is 0 Å². The molecule has 1 fully saturated rings. The number of aromatic hydroxyl groups is 1. The van der Waals surface area contributed by atoms with E-state index in [-0.39, 0.29) is 35.5 Å². The summed E-state index contributed by atoms with van der Waals surface area (Å²) in [5, 5.41) is 13.3. The number of aliphatic imine (C=N–C) groups is 1. The van der Waals surface area contributed by atoms with E-state index < -0.39 is 0 Å². The van der Waals surface area contributed by atoms with Gasteiger partial charge in [-0.2, -0.15) is 0 Å². The second-order valence-electron chi connectivity index (χ2n) is 6.35. The molecule has 152 valence electrons. The molecule has 3 rings (SSSR count). The Kier molecular flexibility index (Phi) is 8.16. The van der Waals surface area contributed by atoms with Gasteiger partial charge in [-0.1, -0.05) is 0 Å². The summed E-state index contributed by atoms with van der Waals surface area (Å²) >= 11 is 0. The Morgan fingerprint density at radius 2 is 1.82 bits per heavy atom. The van der Waals surface area contributed by atoms with Crippen molar-refractivity contribution >= 4 is 35.6 Å². The van der Waals surface area contributed by atoms with Crippen LogP contribution in [0.3, 0.4) is 0 Å². The molecule has 2 aromatic carbocycles. The first-order chi connectivity index (χ1) is 13.1. The quantitative estimate of drug-likeness (QED) is 0.384. The van der Waals surface area contributed by atoms with Crippen LogP contribution in [-0.2, 0) is 6.54 Å². The predicted molar refractivity (Wildman–Crippen MR) is 120 cm³/mol. The Morgan fingerprint density at radius 1 is 1.14 bits per heavy atom. The van der Waals surface area contributed by atoms with E-state index in [1.165, 1.54) is 12.1 Å². The highest BCUT2D eigenvalue weighted by Crippen LogP contribution is 2.23. The first kappa shape index (κ1) is 22.1. The molecule has 0 aromatic heterocycles. The van der Waals surface area contributed by atoms with Crippen LogP contribution in [0.5, 0.6) is 11.5 Å². The lowest BCUT2D eigenvalue weighted by Gasteiger charge is -2.37. The lowest BCUT2D eigenvalue weighted by molar-refractivity contribution is 0.371. The molecule has 1 aliphatic rings. The van der Waals surface area contributed by atoms with Crippen molar-refractivity contribution in [3.05, 3.63) is 53.8 Å². The summed E-state index contributed by atoms with van der Waals surface area (Å²) in [4.78, 5) is 8.77. The lowest BCUT2D eigenvalue weighted by atomic mass is 10.2. The molecule has 0 spiro atoms. The average Bonchev–Trinajstić information content (AvgIpc) is 2.71. The number of phenolic OH excluding ortho intramolecular Hbond substituents is 1. The van der Waals surface area contributed by atoms with E-state index in [4.69, 9.17) is 4.74 Å². The van der Waals surface area contributed by atoms with Gasteiger partial charge in [0.15, 0.2) is 5.96 Å². The molecule has 0 bridgehead atoms. The molecule has 0 atom stereocenters. The van der Waals surface area contributed by atoms with Gasteiger partial charge in [0.1, 0.15) is 17.3 Å². The summed E-state index contributed by atoms with van der Waals surface area (Å²) in [5.41, 5.74) is 1.78. The molecule has 2 aromatic rings. The van der Waals surface area contributed by atoms with E-state index in [2.05, 4.69) is 20.1 Å². The molecule has 2 N–H and O–H groups in total. The normalized spacial score (nSPS) is 14.5. The monoisotopic (exact) mass is 500 g/mol. The molecule has 1 aliphatic heterocycles. The molecule has 1 saturated heterocycles. The Labute approximate surface area is 182 Å². The van der Waals surface area contributed by atoms with E-state index in [1.807, 2.05) is 18.2 Å². The maximum atomic E-state index is 13.1. The van der Waals surface area contributed by atoms with E-state index in [0.717, 1.165) is 43.4 Å². The third kappa shape index (κ3) is 5.40. The molecule has 0 saturated carbocycles. The number of hydrogen-bond acceptors (Lipinski definition) is 4. The number of anilines is 1. The van der Waals surface area contributed by atoms with Crippen LogP contribution in [-0.4, -0.2) is 56.3 Å². The summed E-state index contributed by atoms with van der Waals surface area (Å²) in [5.74, 6) is 1.49. The van der Waals surface area contributed by atoms with Crippen LogP contribution in [0.2, 0.25) is 0 Å². The third-order valence-corrected chi connectivity index (χ3v) is 4.71. The van der Waals surface area contributed by atoms with E-state index in [1.54, 1.807) is 26.3 Å². The molecule has 8 heteroatoms. The van der Waals surface area contributed by atoms with Gasteiger partial charge in [-0.05, 0) is 42.5 Å². The number of phenols is 1. The number of nitrogens with one attached hydrogen (secondary N) is 1. The fourth-order valence-electron chi connectivity index (χ4n) is 3.17. The standard InChI is InChI=1S/C20H25FN4O2.HI/c1-22-20(23-14-15-13-18(27-2)7-8-19(15)26)25-11-9-24(10-12-25)17-5-3-16(21)4-6-17;/h3-8,13,26H,9-12,14H2,1-2H3,(H,22,23);1H. The van der Waals surface area contributed by atoms with Crippen molar-refractivity contribution in [3.63, 3.8) is 0 Å². The van der Waals surface area contributed by atoms with Gasteiger partial charge in [0, 0.05) is 51.0 Å². The van der Waals surface area contributed by atoms with Gasteiger partial charge in [-0.25, -0.2) is 4.39 Å². The predicted octanol–water partition coefficient (Wildman–Crippen LogP) is 3.06. The Bertz CT molecular complexity index is 793. The Balaban J connectivity index is 0.00000280. The van der Waals surface area contributed by atoms with Crippen LogP contribution >= 0.6 is 24.0 Å². The fourth-order valence-corrected chi connectivity index (χ4v) is 3.17. The van der Waals surface area contributed by atoms with Crippen LogP contribution in [0.25, 0.3) is 0 Å². The van der Waals surface area contributed by atoms with Gasteiger partial charge in [0.25, 0.3) is 0 Å². The van der Waals surface area contributed by atoms with Crippen molar-refractivity contribution in [2.75, 3.05) is 45.2 Å². The van der Waals surface area contributed by atoms with Crippen molar-refractivity contribution in [1.29, 1.82) is 0 Å². The average molecular weight is 500 g/mol. The number of benzene rings is 2. The zero-order chi connectivity index (χ0) is 19.2. The van der Waals surface area contributed by atoms with Crippen LogP contribution in [0.15, 0.2) is 47.5 Å². The summed E-state index contributed by atoms with van der Waals surface area (Å²) in [6.07, 6.45) is 0. The van der Waals surface area contributed by atoms with Crippen LogP contribution in [0, 0.1) is 5.82 Å². The van der Waals surface area contributed by atoms with Crippen molar-refractivity contribution < 1.29 is 14.2 Å². The number of piperazine rings is 1. The topological polar surface area (TPSA) is 60.3 Å². The number of nitrogens with zero attached hydrogens (tertiary/aromatic N) is 3. The van der Waals surface area contributed by atoms with Gasteiger partial charge in [0.2, 0.25) is 0 Å². The van der Waals surface area contributed by atoms with Crippen LogP contribution in [0.4, 0.5) is 10.1 Å². The number of methoxy groups -OCH3 is 1. The Hall–Kier alpha value is -2.23. The summed E-state index contributed by atoms with van der Waals surface area (Å²) in [6.45, 7) is 3.73. The SMILES string of the molecule is CN=C(NCc1cc(OC)ccc1O)N1CCN(c2ccc(F)cc2)CC1.I. The van der Waals surface area contributed by atoms with Gasteiger partial charge in [-0.15, -0.1) is 24.0 Å². The maximum Gasteiger partial charge on any atom is 0.194 e. The van der Waals surface area contributed by atoms with E-state index in [9.17, 15) is 9.50 Å². The third-order valence-electron chi connectivity index (χ3n) is 4.71. The second kappa shape index (κ2) is 10.4. The fraction of sp³-hybridized carbons (Fsp3) is 0.350. The van der Waals surface area contributed by atoms with Gasteiger partial charge in [0.05, 0.1) is 7.11 Å². The lowest BCUT2D eigenvalue weighted by Crippen LogP contribution is -2.52. The number of ether oxygens (including phenoxy) is 1. The number of hydrogen-bond donors (Lipinski definition) is 2. The molecule has 0 aliphatic carbocycles. The molecule has 0 radical (unpaired) electrons. The molecule has 1 heterocycles. The van der Waals surface area contributed by atoms with Crippen LogP contribution < -0.4 is 15.0 Å². The molecular formula is C20H26FIN4O2. The number of halogens is 2. The highest BCUT2D eigenvalue weighted by atomic mass is 127. The van der Waals surface area contributed by atoms with Gasteiger partial charge < -0.3 is 25.0 Å². The minimum atomic E-state index is -0.220. The number of rotatable bonds is 4. The summed E-state index contributed by atoms with van der Waals surface area (Å²) in [7, 11) is 3.35. The molecule has 6 nitrogen and oxygen atoms in total.